The van der Waals surface area contributed by atoms with Crippen LogP contribution < -0.4 is 5.26 Å². The van der Waals surface area contributed by atoms with Crippen molar-refractivity contribution in [3.63, 3.8) is 0 Å². The molecule has 0 aliphatic carbocycles. The van der Waals surface area contributed by atoms with Gasteiger partial charge in [-0.05, 0) is 20.3 Å². The summed E-state index contributed by atoms with van der Waals surface area (Å²) in [5.41, 5.74) is 0. The summed E-state index contributed by atoms with van der Waals surface area (Å²) in [6.07, 6.45) is 0.949. The van der Waals surface area contributed by atoms with Crippen molar-refractivity contribution in [2.45, 2.75) is 65.6 Å². The molecule has 0 fully saturated rings. The lowest BCUT2D eigenvalue weighted by atomic mass is 10.2. The molecule has 0 rings (SSSR count). The van der Waals surface area contributed by atoms with E-state index in [0.29, 0.717) is 0 Å². The van der Waals surface area contributed by atoms with Crippen molar-refractivity contribution in [2.75, 3.05) is 0 Å². The van der Waals surface area contributed by atoms with Gasteiger partial charge in [0.05, 0.1) is 0 Å². The summed E-state index contributed by atoms with van der Waals surface area (Å²) in [4.78, 5) is 11.3. The average Bonchev–Trinajstić information content (AvgIpc) is 2.28. The summed E-state index contributed by atoms with van der Waals surface area (Å²) >= 11 is 0. The lowest BCUT2D eigenvalue weighted by molar-refractivity contribution is -0.869. The summed E-state index contributed by atoms with van der Waals surface area (Å²) in [6.45, 7) is 7.43. The molecule has 0 aliphatic rings. The van der Waals surface area contributed by atoms with E-state index in [4.69, 9.17) is 9.47 Å². The maximum Gasteiger partial charge on any atom is 0.735 e. The number of carbonyl (C=O) groups excluding carboxylic acids is 2. The minimum absolute atomic E-state index is 0.264. The van der Waals surface area contributed by atoms with Crippen molar-refractivity contribution in [1.29, 1.82) is 0 Å². The maximum absolute atomic E-state index is 11.3. The first-order valence-corrected chi connectivity index (χ1v) is 6.25. The highest BCUT2D eigenvalue weighted by molar-refractivity contribution is 5.77. The first kappa shape index (κ1) is 16.5. The van der Waals surface area contributed by atoms with Gasteiger partial charge in [0.2, 0.25) is 0 Å². The summed E-state index contributed by atoms with van der Waals surface area (Å²) in [5, 5.41) is 10.3. The second-order valence-corrected chi connectivity index (χ2v) is 4.12. The molecule has 18 heavy (non-hydrogen) atoms. The third kappa shape index (κ3) is 7.76. The molecule has 6 heteroatoms. The first-order valence-electron chi connectivity index (χ1n) is 6.25. The van der Waals surface area contributed by atoms with Crippen molar-refractivity contribution in [2.24, 2.45) is 0 Å². The zero-order valence-corrected chi connectivity index (χ0v) is 11.4. The molecule has 0 saturated carbocycles. The molecule has 0 aromatic rings. The molecule has 0 radical (unpaired) electrons. The van der Waals surface area contributed by atoms with Crippen LogP contribution in [0.25, 0.3) is 0 Å². The summed E-state index contributed by atoms with van der Waals surface area (Å²) < 4.78 is 18.0. The van der Waals surface area contributed by atoms with Gasteiger partial charge >= 0.3 is 12.3 Å². The number of rotatable bonds is 6. The Morgan fingerprint density at radius 1 is 1.11 bits per heavy atom. The van der Waals surface area contributed by atoms with E-state index in [2.05, 4.69) is 9.31 Å². The van der Waals surface area contributed by atoms with Crippen LogP contribution in [0.2, 0.25) is 0 Å². The Morgan fingerprint density at radius 2 is 1.61 bits per heavy atom. The van der Waals surface area contributed by atoms with Gasteiger partial charge in [-0.15, -0.1) is 0 Å². The van der Waals surface area contributed by atoms with Crippen molar-refractivity contribution >= 4 is 12.3 Å². The van der Waals surface area contributed by atoms with Crippen molar-refractivity contribution in [3.05, 3.63) is 0 Å². The fourth-order valence-corrected chi connectivity index (χ4v) is 1.41. The first-order chi connectivity index (χ1) is 8.53. The molecule has 2 atom stereocenters. The van der Waals surface area contributed by atoms with Gasteiger partial charge in [-0.3, -0.25) is 4.58 Å². The van der Waals surface area contributed by atoms with E-state index in [1.54, 1.807) is 13.8 Å². The summed E-state index contributed by atoms with van der Waals surface area (Å²) in [7, 11) is 0. The predicted molar refractivity (Wildman–Crippen MR) is 62.8 cm³/mol. The molecule has 0 amide bonds. The minimum Gasteiger partial charge on any atom is -0.628 e. The Bertz CT molecular complexity index is 263. The summed E-state index contributed by atoms with van der Waals surface area (Å²) in [6, 6.07) is 0. The fourth-order valence-electron chi connectivity index (χ4n) is 1.41. The van der Waals surface area contributed by atoms with E-state index in [1.165, 1.54) is 0 Å². The monoisotopic (exact) mass is 262 g/mol. The Hall–Kier alpha value is -1.46. The van der Waals surface area contributed by atoms with Crippen LogP contribution >= 0.6 is 0 Å². The Labute approximate surface area is 107 Å². The van der Waals surface area contributed by atoms with E-state index < -0.39 is 12.3 Å². The van der Waals surface area contributed by atoms with Gasteiger partial charge in [0, 0.05) is 6.42 Å². The molecule has 0 aliphatic heterocycles. The number of carbonyl (C=O) groups is 1. The van der Waals surface area contributed by atoms with Crippen LogP contribution in [0.1, 0.15) is 53.4 Å². The SMILES string of the molecule is CCCC(C)OC(=O)OC(OC(C)CCC)=[O+][O-]. The van der Waals surface area contributed by atoms with Crippen molar-refractivity contribution in [1.82, 2.24) is 0 Å². The lowest BCUT2D eigenvalue weighted by Gasteiger charge is -2.09. The zero-order valence-electron chi connectivity index (χ0n) is 11.4. The van der Waals surface area contributed by atoms with Gasteiger partial charge < -0.3 is 14.7 Å². The Morgan fingerprint density at radius 3 is 2.06 bits per heavy atom. The van der Waals surface area contributed by atoms with Gasteiger partial charge in [0.1, 0.15) is 6.10 Å². The molecular formula is C12H22O6. The molecule has 6 nitrogen and oxygen atoms in total. The van der Waals surface area contributed by atoms with Crippen LogP contribution in [0.4, 0.5) is 9.37 Å². The number of hydrogen-bond donors (Lipinski definition) is 0. The predicted octanol–water partition coefficient (Wildman–Crippen LogP) is 2.46. The normalized spacial score (nSPS) is 14.8. The molecule has 0 spiro atoms. The molecule has 0 heterocycles. The van der Waals surface area contributed by atoms with E-state index in [1.807, 2.05) is 13.8 Å². The van der Waals surface area contributed by atoms with Gasteiger partial charge in [0.25, 0.3) is 0 Å². The van der Waals surface area contributed by atoms with Crippen LogP contribution in [0.3, 0.4) is 0 Å². The highest BCUT2D eigenvalue weighted by Crippen LogP contribution is 2.06. The van der Waals surface area contributed by atoms with Gasteiger partial charge in [-0.25, -0.2) is 4.74 Å². The van der Waals surface area contributed by atoms with E-state index in [9.17, 15) is 10.1 Å². The molecule has 2 unspecified atom stereocenters. The fraction of sp³-hybridized carbons (Fsp3) is 0.833. The van der Waals surface area contributed by atoms with E-state index >= 15 is 0 Å². The molecule has 0 aromatic carbocycles. The largest absolute Gasteiger partial charge is 0.735 e. The molecule has 0 aromatic heterocycles. The van der Waals surface area contributed by atoms with Crippen molar-refractivity contribution < 1.29 is 28.8 Å². The third-order valence-electron chi connectivity index (χ3n) is 2.22. The smallest absolute Gasteiger partial charge is 0.628 e. The molecule has 0 N–H and O–H groups in total. The van der Waals surface area contributed by atoms with Gasteiger partial charge in [-0.1, -0.05) is 26.7 Å². The average molecular weight is 262 g/mol. The molecule has 0 bridgehead atoms. The maximum atomic E-state index is 11.3. The Balaban J connectivity index is 4.09. The van der Waals surface area contributed by atoms with Crippen LogP contribution in [0.15, 0.2) is 0 Å². The topological polar surface area (TPSA) is 79.1 Å². The van der Waals surface area contributed by atoms with Gasteiger partial charge in [-0.2, -0.15) is 4.79 Å². The number of ether oxygens (including phenoxy) is 3. The minimum atomic E-state index is -0.995. The summed E-state index contributed by atoms with van der Waals surface area (Å²) in [5.74, 6) is 0. The van der Waals surface area contributed by atoms with Crippen LogP contribution in [-0.4, -0.2) is 24.5 Å². The van der Waals surface area contributed by atoms with E-state index in [0.717, 1.165) is 25.7 Å². The second kappa shape index (κ2) is 9.56. The van der Waals surface area contributed by atoms with Gasteiger partial charge in [0.15, 0.2) is 6.10 Å². The standard InChI is InChI=1S/C12H22O6/c1-5-7-9(3)15-11(13)17-12(18-14)16-10(4)8-6-2/h9-10H,5-8H2,1-4H3. The number of hydrogen-bond acceptors (Lipinski definition) is 5. The quantitative estimate of drug-likeness (QED) is 0.241. The molecule has 106 valence electrons. The lowest BCUT2D eigenvalue weighted by Crippen LogP contribution is -2.24. The van der Waals surface area contributed by atoms with Crippen LogP contribution in [-0.2, 0) is 14.2 Å². The zero-order chi connectivity index (χ0) is 14.0. The second-order valence-electron chi connectivity index (χ2n) is 4.12. The Kier molecular flexibility index (Phi) is 8.78. The van der Waals surface area contributed by atoms with Crippen molar-refractivity contribution in [3.8, 4) is 0 Å². The van der Waals surface area contributed by atoms with Crippen LogP contribution in [0.5, 0.6) is 0 Å². The highest BCUT2D eigenvalue weighted by Gasteiger charge is 2.28. The third-order valence-corrected chi connectivity index (χ3v) is 2.22. The van der Waals surface area contributed by atoms with E-state index in [-0.39, 0.29) is 12.2 Å². The highest BCUT2D eigenvalue weighted by atomic mass is 17.1. The van der Waals surface area contributed by atoms with Crippen LogP contribution in [0, 0.1) is 0 Å². The molecular weight excluding hydrogens is 240 g/mol. The molecule has 0 saturated heterocycles.